The van der Waals surface area contributed by atoms with Gasteiger partial charge in [-0.2, -0.15) is 0 Å². The monoisotopic (exact) mass is 288 g/mol. The van der Waals surface area contributed by atoms with Crippen LogP contribution >= 0.6 is 0 Å². The first-order valence-corrected chi connectivity index (χ1v) is 6.68. The van der Waals surface area contributed by atoms with Gasteiger partial charge in [0.1, 0.15) is 0 Å². The van der Waals surface area contributed by atoms with Gasteiger partial charge in [-0.3, -0.25) is 0 Å². The maximum absolute atomic E-state index is 5.29. The van der Waals surface area contributed by atoms with Gasteiger partial charge in [-0.25, -0.2) is 4.98 Å². The predicted octanol–water partition coefficient (Wildman–Crippen LogP) is 2.40. The SMILES string of the molecule is COc1cccc(CNCc2ccc(OC)c(OC)c2)n1. The number of pyridine rings is 1. The van der Waals surface area contributed by atoms with Crippen molar-refractivity contribution in [1.29, 1.82) is 0 Å². The zero-order valence-electron chi connectivity index (χ0n) is 12.6. The molecule has 1 N–H and O–H groups in total. The average Bonchev–Trinajstić information content (AvgIpc) is 2.55. The van der Waals surface area contributed by atoms with Crippen molar-refractivity contribution in [3.63, 3.8) is 0 Å². The molecule has 0 saturated carbocycles. The van der Waals surface area contributed by atoms with Gasteiger partial charge in [0.15, 0.2) is 11.5 Å². The summed E-state index contributed by atoms with van der Waals surface area (Å²) in [6, 6.07) is 11.6. The fourth-order valence-corrected chi connectivity index (χ4v) is 2.00. The van der Waals surface area contributed by atoms with Crippen LogP contribution in [0, 0.1) is 0 Å². The quantitative estimate of drug-likeness (QED) is 0.848. The van der Waals surface area contributed by atoms with Crippen LogP contribution in [0.15, 0.2) is 36.4 Å². The van der Waals surface area contributed by atoms with Crippen molar-refractivity contribution in [2.75, 3.05) is 21.3 Å². The molecule has 0 aliphatic heterocycles. The lowest BCUT2D eigenvalue weighted by atomic mass is 10.2. The topological polar surface area (TPSA) is 52.6 Å². The highest BCUT2D eigenvalue weighted by Gasteiger charge is 2.04. The van der Waals surface area contributed by atoms with E-state index in [9.17, 15) is 0 Å². The summed E-state index contributed by atoms with van der Waals surface area (Å²) in [7, 11) is 4.88. The minimum absolute atomic E-state index is 0.625. The molecule has 0 amide bonds. The number of hydrogen-bond donors (Lipinski definition) is 1. The molecule has 0 aliphatic carbocycles. The van der Waals surface area contributed by atoms with E-state index in [1.165, 1.54) is 0 Å². The van der Waals surface area contributed by atoms with Crippen molar-refractivity contribution in [3.05, 3.63) is 47.7 Å². The molecule has 5 heteroatoms. The summed E-state index contributed by atoms with van der Waals surface area (Å²) >= 11 is 0. The van der Waals surface area contributed by atoms with Crippen molar-refractivity contribution < 1.29 is 14.2 Å². The number of nitrogens with zero attached hydrogens (tertiary/aromatic N) is 1. The van der Waals surface area contributed by atoms with Gasteiger partial charge in [-0.15, -0.1) is 0 Å². The normalized spacial score (nSPS) is 10.2. The second-order valence-electron chi connectivity index (χ2n) is 4.46. The highest BCUT2D eigenvalue weighted by atomic mass is 16.5. The number of aromatic nitrogens is 1. The van der Waals surface area contributed by atoms with Crippen LogP contribution in [0.4, 0.5) is 0 Å². The Balaban J connectivity index is 1.93. The average molecular weight is 288 g/mol. The highest BCUT2D eigenvalue weighted by molar-refractivity contribution is 5.42. The first-order chi connectivity index (χ1) is 10.3. The molecule has 0 unspecified atom stereocenters. The number of nitrogens with one attached hydrogen (secondary N) is 1. The summed E-state index contributed by atoms with van der Waals surface area (Å²) in [5, 5.41) is 3.34. The Labute approximate surface area is 124 Å². The molecule has 2 rings (SSSR count). The number of hydrogen-bond acceptors (Lipinski definition) is 5. The maximum Gasteiger partial charge on any atom is 0.213 e. The summed E-state index contributed by atoms with van der Waals surface area (Å²) in [6.07, 6.45) is 0. The zero-order chi connectivity index (χ0) is 15.1. The van der Waals surface area contributed by atoms with Gasteiger partial charge in [-0.1, -0.05) is 12.1 Å². The van der Waals surface area contributed by atoms with E-state index in [1.807, 2.05) is 36.4 Å². The molecule has 0 bridgehead atoms. The Morgan fingerprint density at radius 1 is 0.905 bits per heavy atom. The molecule has 0 saturated heterocycles. The van der Waals surface area contributed by atoms with E-state index in [-0.39, 0.29) is 0 Å². The number of methoxy groups -OCH3 is 3. The van der Waals surface area contributed by atoms with E-state index >= 15 is 0 Å². The molecule has 1 heterocycles. The van der Waals surface area contributed by atoms with Crippen LogP contribution in [0.2, 0.25) is 0 Å². The van der Waals surface area contributed by atoms with Crippen LogP contribution in [0.5, 0.6) is 17.4 Å². The number of rotatable bonds is 7. The van der Waals surface area contributed by atoms with Crippen LogP contribution in [-0.4, -0.2) is 26.3 Å². The Kier molecular flexibility index (Phi) is 5.40. The molecule has 0 aliphatic rings. The molecular formula is C16H20N2O3. The van der Waals surface area contributed by atoms with E-state index in [2.05, 4.69) is 10.3 Å². The zero-order valence-corrected chi connectivity index (χ0v) is 12.6. The number of benzene rings is 1. The fraction of sp³-hybridized carbons (Fsp3) is 0.312. The predicted molar refractivity (Wildman–Crippen MR) is 80.9 cm³/mol. The molecule has 1 aromatic heterocycles. The minimum atomic E-state index is 0.625. The Morgan fingerprint density at radius 3 is 2.43 bits per heavy atom. The van der Waals surface area contributed by atoms with Crippen molar-refractivity contribution >= 4 is 0 Å². The van der Waals surface area contributed by atoms with Crippen molar-refractivity contribution in [3.8, 4) is 17.4 Å². The fourth-order valence-electron chi connectivity index (χ4n) is 2.00. The van der Waals surface area contributed by atoms with Crippen LogP contribution in [-0.2, 0) is 13.1 Å². The Hall–Kier alpha value is -2.27. The van der Waals surface area contributed by atoms with Gasteiger partial charge in [0.05, 0.1) is 27.0 Å². The second-order valence-corrected chi connectivity index (χ2v) is 4.46. The van der Waals surface area contributed by atoms with Gasteiger partial charge in [-0.05, 0) is 23.8 Å². The van der Waals surface area contributed by atoms with E-state index in [4.69, 9.17) is 14.2 Å². The summed E-state index contributed by atoms with van der Waals surface area (Å²) in [6.45, 7) is 1.39. The summed E-state index contributed by atoms with van der Waals surface area (Å²) in [5.74, 6) is 2.09. The molecule has 0 spiro atoms. The smallest absolute Gasteiger partial charge is 0.213 e. The Bertz CT molecular complexity index is 587. The lowest BCUT2D eigenvalue weighted by Gasteiger charge is -2.10. The molecule has 5 nitrogen and oxygen atoms in total. The first-order valence-electron chi connectivity index (χ1n) is 6.68. The van der Waals surface area contributed by atoms with E-state index in [0.717, 1.165) is 29.3 Å². The molecule has 0 atom stereocenters. The van der Waals surface area contributed by atoms with Gasteiger partial charge in [0, 0.05) is 19.2 Å². The van der Waals surface area contributed by atoms with Crippen LogP contribution in [0.3, 0.4) is 0 Å². The summed E-state index contributed by atoms with van der Waals surface area (Å²) in [4.78, 5) is 4.35. The first kappa shape index (κ1) is 15.1. The third kappa shape index (κ3) is 4.10. The van der Waals surface area contributed by atoms with Crippen molar-refractivity contribution in [2.45, 2.75) is 13.1 Å². The van der Waals surface area contributed by atoms with E-state index in [0.29, 0.717) is 12.4 Å². The molecule has 0 fully saturated rings. The van der Waals surface area contributed by atoms with Crippen molar-refractivity contribution in [2.24, 2.45) is 0 Å². The van der Waals surface area contributed by atoms with Gasteiger partial charge in [0.2, 0.25) is 5.88 Å². The lowest BCUT2D eigenvalue weighted by molar-refractivity contribution is 0.354. The van der Waals surface area contributed by atoms with Crippen LogP contribution in [0.25, 0.3) is 0 Å². The van der Waals surface area contributed by atoms with Gasteiger partial charge in [0.25, 0.3) is 0 Å². The molecular weight excluding hydrogens is 268 g/mol. The standard InChI is InChI=1S/C16H20N2O3/c1-19-14-8-7-12(9-15(14)20-2)10-17-11-13-5-4-6-16(18-13)21-3/h4-9,17H,10-11H2,1-3H3. The van der Waals surface area contributed by atoms with Gasteiger partial charge >= 0.3 is 0 Å². The Morgan fingerprint density at radius 2 is 1.71 bits per heavy atom. The van der Waals surface area contributed by atoms with Crippen molar-refractivity contribution in [1.82, 2.24) is 10.3 Å². The molecule has 112 valence electrons. The molecule has 1 aromatic carbocycles. The lowest BCUT2D eigenvalue weighted by Crippen LogP contribution is -2.14. The highest BCUT2D eigenvalue weighted by Crippen LogP contribution is 2.27. The number of ether oxygens (including phenoxy) is 3. The summed E-state index contributed by atoms with van der Waals surface area (Å²) < 4.78 is 15.6. The summed E-state index contributed by atoms with van der Waals surface area (Å²) in [5.41, 5.74) is 2.06. The largest absolute Gasteiger partial charge is 0.493 e. The van der Waals surface area contributed by atoms with Gasteiger partial charge < -0.3 is 19.5 Å². The second kappa shape index (κ2) is 7.50. The third-order valence-electron chi connectivity index (χ3n) is 3.07. The van der Waals surface area contributed by atoms with Crippen LogP contribution < -0.4 is 19.5 Å². The minimum Gasteiger partial charge on any atom is -0.493 e. The van der Waals surface area contributed by atoms with E-state index in [1.54, 1.807) is 21.3 Å². The molecule has 2 aromatic rings. The van der Waals surface area contributed by atoms with E-state index < -0.39 is 0 Å². The third-order valence-corrected chi connectivity index (χ3v) is 3.07. The van der Waals surface area contributed by atoms with Crippen LogP contribution in [0.1, 0.15) is 11.3 Å². The molecule has 21 heavy (non-hydrogen) atoms. The maximum atomic E-state index is 5.29. The molecule has 0 radical (unpaired) electrons.